The first-order valence-electron chi connectivity index (χ1n) is 6.11. The van der Waals surface area contributed by atoms with Crippen molar-refractivity contribution in [2.24, 2.45) is 5.92 Å². The van der Waals surface area contributed by atoms with E-state index in [2.05, 4.69) is 43.3 Å². The summed E-state index contributed by atoms with van der Waals surface area (Å²) in [6.45, 7) is 2.13. The van der Waals surface area contributed by atoms with Crippen molar-refractivity contribution in [3.63, 3.8) is 0 Å². The Morgan fingerprint density at radius 1 is 0.824 bits per heavy atom. The van der Waals surface area contributed by atoms with E-state index in [0.717, 1.165) is 5.56 Å². The molecule has 1 aliphatic carbocycles. The van der Waals surface area contributed by atoms with E-state index in [-0.39, 0.29) is 12.0 Å². The molecule has 2 aromatic carbocycles. The molecule has 1 heteroatoms. The van der Waals surface area contributed by atoms with Crippen LogP contribution >= 0.6 is 0 Å². The fourth-order valence-electron chi connectivity index (χ4n) is 2.96. The molecule has 3 atom stereocenters. The topological polar surface area (TPSA) is 20.2 Å². The van der Waals surface area contributed by atoms with E-state index >= 15 is 0 Å². The molecule has 0 bridgehead atoms. The SMILES string of the molecule is CC1C(O)c2ccccc2C1c1ccccc1. The first-order chi connectivity index (χ1) is 8.29. The van der Waals surface area contributed by atoms with Gasteiger partial charge in [-0.2, -0.15) is 0 Å². The van der Waals surface area contributed by atoms with Crippen LogP contribution in [0.1, 0.15) is 35.6 Å². The summed E-state index contributed by atoms with van der Waals surface area (Å²) in [5.74, 6) is 0.567. The summed E-state index contributed by atoms with van der Waals surface area (Å²) in [4.78, 5) is 0. The maximum atomic E-state index is 10.3. The standard InChI is InChI=1S/C16H16O/c1-11-15(12-7-3-2-4-8-12)13-9-5-6-10-14(13)16(11)17/h2-11,15-17H,1H3. The Balaban J connectivity index is 2.13. The van der Waals surface area contributed by atoms with Crippen molar-refractivity contribution in [3.05, 3.63) is 71.3 Å². The fraction of sp³-hybridized carbons (Fsp3) is 0.250. The predicted molar refractivity (Wildman–Crippen MR) is 68.9 cm³/mol. The fourth-order valence-corrected chi connectivity index (χ4v) is 2.96. The Morgan fingerprint density at radius 3 is 2.12 bits per heavy atom. The third-order valence-electron chi connectivity index (χ3n) is 3.83. The van der Waals surface area contributed by atoms with Crippen molar-refractivity contribution in [2.75, 3.05) is 0 Å². The molecule has 0 spiro atoms. The second-order valence-electron chi connectivity index (χ2n) is 4.82. The lowest BCUT2D eigenvalue weighted by molar-refractivity contribution is 0.126. The third kappa shape index (κ3) is 1.58. The average molecular weight is 224 g/mol. The lowest BCUT2D eigenvalue weighted by atomic mass is 9.86. The molecule has 0 radical (unpaired) electrons. The minimum absolute atomic E-state index is 0.245. The highest BCUT2D eigenvalue weighted by Gasteiger charge is 2.37. The number of hydrogen-bond acceptors (Lipinski definition) is 1. The molecular weight excluding hydrogens is 208 g/mol. The molecule has 86 valence electrons. The number of aliphatic hydroxyl groups excluding tert-OH is 1. The van der Waals surface area contributed by atoms with Crippen LogP contribution < -0.4 is 0 Å². The molecule has 3 rings (SSSR count). The summed E-state index contributed by atoms with van der Waals surface area (Å²) in [7, 11) is 0. The maximum absolute atomic E-state index is 10.3. The van der Waals surface area contributed by atoms with Gasteiger partial charge in [0, 0.05) is 5.92 Å². The van der Waals surface area contributed by atoms with Crippen LogP contribution in [0.15, 0.2) is 54.6 Å². The van der Waals surface area contributed by atoms with Gasteiger partial charge in [-0.1, -0.05) is 61.5 Å². The number of hydrogen-bond donors (Lipinski definition) is 1. The lowest BCUT2D eigenvalue weighted by Gasteiger charge is -2.18. The van der Waals surface area contributed by atoms with Crippen molar-refractivity contribution < 1.29 is 5.11 Å². The molecule has 0 fully saturated rings. The number of benzene rings is 2. The molecule has 3 unspecified atom stereocenters. The highest BCUT2D eigenvalue weighted by molar-refractivity contribution is 5.44. The van der Waals surface area contributed by atoms with Gasteiger partial charge in [-0.25, -0.2) is 0 Å². The summed E-state index contributed by atoms with van der Waals surface area (Å²) in [5, 5.41) is 10.3. The van der Waals surface area contributed by atoms with Crippen LogP contribution in [0.3, 0.4) is 0 Å². The van der Waals surface area contributed by atoms with Gasteiger partial charge >= 0.3 is 0 Å². The van der Waals surface area contributed by atoms with Gasteiger partial charge in [-0.15, -0.1) is 0 Å². The summed E-state index contributed by atoms with van der Waals surface area (Å²) in [5.41, 5.74) is 3.66. The predicted octanol–water partition coefficient (Wildman–Crippen LogP) is 3.50. The van der Waals surface area contributed by atoms with E-state index < -0.39 is 0 Å². The van der Waals surface area contributed by atoms with E-state index in [0.29, 0.717) is 5.92 Å². The second kappa shape index (κ2) is 4.01. The Labute approximate surface area is 102 Å². The average Bonchev–Trinajstić information content (AvgIpc) is 2.64. The van der Waals surface area contributed by atoms with Gasteiger partial charge in [0.2, 0.25) is 0 Å². The highest BCUT2D eigenvalue weighted by Crippen LogP contribution is 2.47. The first kappa shape index (κ1) is 10.5. The van der Waals surface area contributed by atoms with Crippen molar-refractivity contribution in [1.29, 1.82) is 0 Å². The summed E-state index contributed by atoms with van der Waals surface area (Å²) < 4.78 is 0. The summed E-state index contributed by atoms with van der Waals surface area (Å²) in [6.07, 6.45) is -0.337. The minimum atomic E-state index is -0.337. The van der Waals surface area contributed by atoms with Gasteiger partial charge in [0.05, 0.1) is 6.10 Å². The molecule has 1 nitrogen and oxygen atoms in total. The second-order valence-corrected chi connectivity index (χ2v) is 4.82. The number of aliphatic hydroxyl groups is 1. The summed E-state index contributed by atoms with van der Waals surface area (Å²) >= 11 is 0. The number of fused-ring (bicyclic) bond motifs is 1. The molecule has 0 saturated carbocycles. The van der Waals surface area contributed by atoms with Crippen LogP contribution in [0.2, 0.25) is 0 Å². The van der Waals surface area contributed by atoms with Gasteiger partial charge in [0.15, 0.2) is 0 Å². The zero-order chi connectivity index (χ0) is 11.8. The van der Waals surface area contributed by atoms with E-state index in [1.165, 1.54) is 11.1 Å². The smallest absolute Gasteiger partial charge is 0.0827 e. The van der Waals surface area contributed by atoms with Crippen LogP contribution in [0.5, 0.6) is 0 Å². The van der Waals surface area contributed by atoms with Crippen LogP contribution in [-0.2, 0) is 0 Å². The largest absolute Gasteiger partial charge is 0.388 e. The highest BCUT2D eigenvalue weighted by atomic mass is 16.3. The molecule has 0 aromatic heterocycles. The van der Waals surface area contributed by atoms with E-state index in [4.69, 9.17) is 0 Å². The molecule has 0 aliphatic heterocycles. The Kier molecular flexibility index (Phi) is 2.49. The first-order valence-corrected chi connectivity index (χ1v) is 6.11. The quantitative estimate of drug-likeness (QED) is 0.786. The molecule has 0 heterocycles. The third-order valence-corrected chi connectivity index (χ3v) is 3.83. The number of rotatable bonds is 1. The van der Waals surface area contributed by atoms with Crippen molar-refractivity contribution in [3.8, 4) is 0 Å². The lowest BCUT2D eigenvalue weighted by Crippen LogP contribution is -2.09. The molecule has 17 heavy (non-hydrogen) atoms. The summed E-state index contributed by atoms with van der Waals surface area (Å²) in [6, 6.07) is 18.7. The van der Waals surface area contributed by atoms with Gasteiger partial charge < -0.3 is 5.11 Å². The zero-order valence-electron chi connectivity index (χ0n) is 9.88. The van der Waals surface area contributed by atoms with Gasteiger partial charge in [-0.05, 0) is 22.6 Å². The molecule has 1 aliphatic rings. The molecule has 1 N–H and O–H groups in total. The monoisotopic (exact) mass is 224 g/mol. The Morgan fingerprint density at radius 2 is 1.41 bits per heavy atom. The van der Waals surface area contributed by atoms with E-state index in [1.807, 2.05) is 18.2 Å². The van der Waals surface area contributed by atoms with Crippen molar-refractivity contribution in [2.45, 2.75) is 18.9 Å². The van der Waals surface area contributed by atoms with Crippen LogP contribution in [0.4, 0.5) is 0 Å². The zero-order valence-corrected chi connectivity index (χ0v) is 9.88. The Hall–Kier alpha value is -1.60. The maximum Gasteiger partial charge on any atom is 0.0827 e. The van der Waals surface area contributed by atoms with Crippen LogP contribution in [0, 0.1) is 5.92 Å². The molecule has 0 saturated heterocycles. The Bertz CT molecular complexity index is 518. The van der Waals surface area contributed by atoms with E-state index in [1.54, 1.807) is 0 Å². The van der Waals surface area contributed by atoms with Gasteiger partial charge in [0.25, 0.3) is 0 Å². The van der Waals surface area contributed by atoms with Gasteiger partial charge in [0.1, 0.15) is 0 Å². The van der Waals surface area contributed by atoms with Crippen LogP contribution in [0.25, 0.3) is 0 Å². The van der Waals surface area contributed by atoms with Crippen LogP contribution in [-0.4, -0.2) is 5.11 Å². The van der Waals surface area contributed by atoms with Crippen molar-refractivity contribution >= 4 is 0 Å². The molecule has 0 amide bonds. The van der Waals surface area contributed by atoms with E-state index in [9.17, 15) is 5.11 Å². The molecule has 2 aromatic rings. The minimum Gasteiger partial charge on any atom is -0.388 e. The van der Waals surface area contributed by atoms with Gasteiger partial charge in [-0.3, -0.25) is 0 Å². The normalized spacial score (nSPS) is 26.8. The molecular formula is C16H16O. The van der Waals surface area contributed by atoms with Crippen molar-refractivity contribution in [1.82, 2.24) is 0 Å².